The van der Waals surface area contributed by atoms with Crippen molar-refractivity contribution in [2.75, 3.05) is 26.3 Å². The van der Waals surface area contributed by atoms with E-state index in [0.717, 1.165) is 10.6 Å². The number of thioether (sulfide) groups is 1. The minimum absolute atomic E-state index is 0.365. The molecule has 24 heavy (non-hydrogen) atoms. The lowest BCUT2D eigenvalue weighted by atomic mass is 10.1. The highest BCUT2D eigenvalue weighted by Gasteiger charge is 2.45. The lowest BCUT2D eigenvalue weighted by molar-refractivity contribution is -0.127. The molecule has 2 aromatic rings. The summed E-state index contributed by atoms with van der Waals surface area (Å²) in [6.07, 6.45) is 8.30. The fourth-order valence-electron chi connectivity index (χ4n) is 2.63. The number of amides is 1. The monoisotopic (exact) mass is 346 g/mol. The van der Waals surface area contributed by atoms with E-state index in [4.69, 9.17) is 10.5 Å². The highest BCUT2D eigenvalue weighted by atomic mass is 32.2. The molecule has 2 aromatic heterocycles. The summed E-state index contributed by atoms with van der Waals surface area (Å²) in [5.41, 5.74) is 6.62. The SMILES string of the molecule is NC(=O)C(Cc1ccncn1)(Sc1cncnc1)N1CCOCC1. The average Bonchev–Trinajstić information content (AvgIpc) is 2.63. The summed E-state index contributed by atoms with van der Waals surface area (Å²) in [6.45, 7) is 2.36. The van der Waals surface area contributed by atoms with Crippen molar-refractivity contribution in [3.05, 3.63) is 43.0 Å². The van der Waals surface area contributed by atoms with Gasteiger partial charge in [0.25, 0.3) is 0 Å². The number of hydrogen-bond acceptors (Lipinski definition) is 8. The molecule has 8 nitrogen and oxygen atoms in total. The maximum Gasteiger partial charge on any atom is 0.249 e. The predicted octanol–water partition coefficient (Wildman–Crippen LogP) is 0.115. The van der Waals surface area contributed by atoms with Gasteiger partial charge in [0.15, 0.2) is 4.87 Å². The highest BCUT2D eigenvalue weighted by molar-refractivity contribution is 8.01. The Labute approximate surface area is 143 Å². The van der Waals surface area contributed by atoms with E-state index in [1.165, 1.54) is 24.4 Å². The summed E-state index contributed by atoms with van der Waals surface area (Å²) in [5.74, 6) is -0.420. The van der Waals surface area contributed by atoms with Crippen molar-refractivity contribution in [3.63, 3.8) is 0 Å². The van der Waals surface area contributed by atoms with Crippen LogP contribution in [0.2, 0.25) is 0 Å². The van der Waals surface area contributed by atoms with Crippen molar-refractivity contribution in [2.45, 2.75) is 16.2 Å². The van der Waals surface area contributed by atoms with Crippen LogP contribution in [-0.4, -0.2) is 61.9 Å². The van der Waals surface area contributed by atoms with Gasteiger partial charge >= 0.3 is 0 Å². The van der Waals surface area contributed by atoms with E-state index in [2.05, 4.69) is 24.8 Å². The van der Waals surface area contributed by atoms with Gasteiger partial charge in [-0.25, -0.2) is 19.9 Å². The number of aromatic nitrogens is 4. The first-order valence-corrected chi connectivity index (χ1v) is 8.34. The normalized spacial score (nSPS) is 18.0. The van der Waals surface area contributed by atoms with Gasteiger partial charge in [-0.2, -0.15) is 0 Å². The first-order chi connectivity index (χ1) is 11.7. The molecule has 0 aliphatic carbocycles. The smallest absolute Gasteiger partial charge is 0.249 e. The molecular formula is C15H18N6O2S. The van der Waals surface area contributed by atoms with Crippen LogP contribution < -0.4 is 5.73 Å². The Balaban J connectivity index is 1.97. The van der Waals surface area contributed by atoms with E-state index in [1.807, 2.05) is 0 Å². The molecule has 0 bridgehead atoms. The van der Waals surface area contributed by atoms with Crippen molar-refractivity contribution >= 4 is 17.7 Å². The molecule has 1 aliphatic heterocycles. The third-order valence-electron chi connectivity index (χ3n) is 3.79. The topological polar surface area (TPSA) is 107 Å². The van der Waals surface area contributed by atoms with Gasteiger partial charge in [0.1, 0.15) is 12.7 Å². The summed E-state index contributed by atoms with van der Waals surface area (Å²) in [4.78, 5) is 30.7. The standard InChI is InChI=1S/C15H18N6O2S/c16-14(22)15(21-3-5-23-6-4-21,7-12-1-2-17-11-20-12)24-13-8-18-10-19-9-13/h1-2,8-11H,3-7H2,(H2,16,22). The summed E-state index contributed by atoms with van der Waals surface area (Å²) in [7, 11) is 0. The summed E-state index contributed by atoms with van der Waals surface area (Å²) in [6, 6.07) is 1.79. The van der Waals surface area contributed by atoms with E-state index in [-0.39, 0.29) is 0 Å². The van der Waals surface area contributed by atoms with Gasteiger partial charge < -0.3 is 10.5 Å². The molecule has 1 fully saturated rings. The zero-order chi connectivity index (χ0) is 16.8. The molecule has 0 spiro atoms. The Morgan fingerprint density at radius 2 is 2.00 bits per heavy atom. The fraction of sp³-hybridized carbons (Fsp3) is 0.400. The second kappa shape index (κ2) is 7.65. The summed E-state index contributed by atoms with van der Waals surface area (Å²) < 4.78 is 5.42. The number of nitrogens with two attached hydrogens (primary N) is 1. The maximum absolute atomic E-state index is 12.6. The average molecular weight is 346 g/mol. The van der Waals surface area contributed by atoms with Gasteiger partial charge in [0.05, 0.1) is 13.2 Å². The van der Waals surface area contributed by atoms with E-state index in [0.29, 0.717) is 32.7 Å². The van der Waals surface area contributed by atoms with Crippen LogP contribution in [-0.2, 0) is 16.0 Å². The molecule has 2 N–H and O–H groups in total. The van der Waals surface area contributed by atoms with Gasteiger partial charge in [-0.15, -0.1) is 0 Å². The molecule has 0 saturated carbocycles. The number of rotatable bonds is 6. The van der Waals surface area contributed by atoms with Gasteiger partial charge in [-0.3, -0.25) is 9.69 Å². The third kappa shape index (κ3) is 3.69. The maximum atomic E-state index is 12.6. The zero-order valence-corrected chi connectivity index (χ0v) is 13.9. The van der Waals surface area contributed by atoms with Crippen LogP contribution in [0.1, 0.15) is 5.69 Å². The Kier molecular flexibility index (Phi) is 5.34. The Morgan fingerprint density at radius 1 is 1.25 bits per heavy atom. The molecule has 3 heterocycles. The van der Waals surface area contributed by atoms with E-state index < -0.39 is 10.8 Å². The van der Waals surface area contributed by atoms with Crippen molar-refractivity contribution < 1.29 is 9.53 Å². The van der Waals surface area contributed by atoms with Crippen LogP contribution in [0, 0.1) is 0 Å². The molecule has 1 saturated heterocycles. The van der Waals surface area contributed by atoms with Crippen LogP contribution in [0.4, 0.5) is 0 Å². The lowest BCUT2D eigenvalue weighted by Gasteiger charge is -2.42. The molecule has 3 rings (SSSR count). The Bertz CT molecular complexity index is 625. The summed E-state index contributed by atoms with van der Waals surface area (Å²) in [5, 5.41) is 0. The van der Waals surface area contributed by atoms with Crippen LogP contribution in [0.3, 0.4) is 0 Å². The van der Waals surface area contributed by atoms with Crippen molar-refractivity contribution in [2.24, 2.45) is 5.73 Å². The molecule has 1 aliphatic rings. The molecule has 126 valence electrons. The Morgan fingerprint density at radius 3 is 2.62 bits per heavy atom. The number of nitrogens with zero attached hydrogens (tertiary/aromatic N) is 5. The minimum Gasteiger partial charge on any atom is -0.379 e. The number of ether oxygens (including phenoxy) is 1. The Hall–Kier alpha value is -2.10. The lowest BCUT2D eigenvalue weighted by Crippen LogP contribution is -2.59. The van der Waals surface area contributed by atoms with Gasteiger partial charge in [-0.05, 0) is 6.07 Å². The largest absolute Gasteiger partial charge is 0.379 e. The molecule has 0 radical (unpaired) electrons. The minimum atomic E-state index is -0.983. The number of morpholine rings is 1. The van der Waals surface area contributed by atoms with E-state index >= 15 is 0 Å². The predicted molar refractivity (Wildman–Crippen MR) is 87.9 cm³/mol. The quantitative estimate of drug-likeness (QED) is 0.735. The van der Waals surface area contributed by atoms with Crippen LogP contribution in [0.15, 0.2) is 42.2 Å². The molecule has 1 unspecified atom stereocenters. The first-order valence-electron chi connectivity index (χ1n) is 7.52. The second-order valence-electron chi connectivity index (χ2n) is 5.30. The molecule has 0 aromatic carbocycles. The van der Waals surface area contributed by atoms with Crippen molar-refractivity contribution in [1.82, 2.24) is 24.8 Å². The number of primary amides is 1. The van der Waals surface area contributed by atoms with Crippen LogP contribution in [0.25, 0.3) is 0 Å². The zero-order valence-electron chi connectivity index (χ0n) is 13.0. The van der Waals surface area contributed by atoms with Crippen LogP contribution in [0.5, 0.6) is 0 Å². The first kappa shape index (κ1) is 16.7. The molecular weight excluding hydrogens is 328 g/mol. The fourth-order valence-corrected chi connectivity index (χ4v) is 3.88. The van der Waals surface area contributed by atoms with Gasteiger partial charge in [-0.1, -0.05) is 11.8 Å². The van der Waals surface area contributed by atoms with E-state index in [1.54, 1.807) is 24.7 Å². The van der Waals surface area contributed by atoms with E-state index in [9.17, 15) is 4.79 Å². The number of carbonyl (C=O) groups is 1. The number of carbonyl (C=O) groups excluding carboxylic acids is 1. The van der Waals surface area contributed by atoms with Gasteiger partial charge in [0, 0.05) is 48.7 Å². The molecule has 9 heteroatoms. The number of hydrogen-bond donors (Lipinski definition) is 1. The highest BCUT2D eigenvalue weighted by Crippen LogP contribution is 2.38. The van der Waals surface area contributed by atoms with Crippen molar-refractivity contribution in [1.29, 1.82) is 0 Å². The van der Waals surface area contributed by atoms with Crippen LogP contribution >= 0.6 is 11.8 Å². The van der Waals surface area contributed by atoms with Gasteiger partial charge in [0.2, 0.25) is 5.91 Å². The third-order valence-corrected chi connectivity index (χ3v) is 5.18. The van der Waals surface area contributed by atoms with Crippen molar-refractivity contribution in [3.8, 4) is 0 Å². The molecule has 1 atom stereocenters. The molecule has 1 amide bonds. The second-order valence-corrected chi connectivity index (χ2v) is 6.65. The summed E-state index contributed by atoms with van der Waals surface area (Å²) >= 11 is 1.36.